The van der Waals surface area contributed by atoms with Crippen molar-refractivity contribution in [3.8, 4) is 0 Å². The maximum absolute atomic E-state index is 12.3. The predicted molar refractivity (Wildman–Crippen MR) is 82.5 cm³/mol. The Kier molecular flexibility index (Phi) is 6.39. The van der Waals surface area contributed by atoms with E-state index in [0.29, 0.717) is 13.1 Å². The minimum absolute atomic E-state index is 0.0921. The lowest BCUT2D eigenvalue weighted by Crippen LogP contribution is -2.38. The number of thiophene rings is 1. The molecule has 1 atom stereocenters. The Morgan fingerprint density at radius 2 is 2.28 bits per heavy atom. The topological polar surface area (TPSA) is 20.3 Å². The van der Waals surface area contributed by atoms with Gasteiger partial charge in [0.05, 0.1) is 15.7 Å². The van der Waals surface area contributed by atoms with Crippen molar-refractivity contribution in [2.24, 2.45) is 5.92 Å². The number of carbonyl (C=O) groups is 1. The second-order valence-electron chi connectivity index (χ2n) is 4.36. The van der Waals surface area contributed by atoms with E-state index < -0.39 is 0 Å². The van der Waals surface area contributed by atoms with Gasteiger partial charge in [0.15, 0.2) is 0 Å². The van der Waals surface area contributed by atoms with Crippen molar-refractivity contribution in [2.45, 2.75) is 25.2 Å². The SMILES string of the molecule is C=CCN(Cc1ccc(Cl)s1)C(=O)C(Br)C(C)C. The van der Waals surface area contributed by atoms with Gasteiger partial charge in [-0.2, -0.15) is 0 Å². The Morgan fingerprint density at radius 3 is 2.72 bits per heavy atom. The van der Waals surface area contributed by atoms with Gasteiger partial charge in [0, 0.05) is 11.4 Å². The molecule has 0 aliphatic rings. The third-order valence-electron chi connectivity index (χ3n) is 2.46. The smallest absolute Gasteiger partial charge is 0.237 e. The predicted octanol–water partition coefficient (Wildman–Crippen LogP) is 4.34. The average Bonchev–Trinajstić information content (AvgIpc) is 2.72. The van der Waals surface area contributed by atoms with Crippen LogP contribution in [0.1, 0.15) is 18.7 Å². The Bertz CT molecular complexity index is 419. The highest BCUT2D eigenvalue weighted by molar-refractivity contribution is 9.10. The molecule has 0 N–H and O–H groups in total. The Morgan fingerprint density at radius 1 is 1.61 bits per heavy atom. The lowest BCUT2D eigenvalue weighted by Gasteiger charge is -2.25. The van der Waals surface area contributed by atoms with Crippen LogP contribution < -0.4 is 0 Å². The van der Waals surface area contributed by atoms with Crippen molar-refractivity contribution in [3.63, 3.8) is 0 Å². The molecule has 1 aromatic heterocycles. The van der Waals surface area contributed by atoms with Gasteiger partial charge >= 0.3 is 0 Å². The van der Waals surface area contributed by atoms with Gasteiger partial charge in [0.2, 0.25) is 5.91 Å². The van der Waals surface area contributed by atoms with E-state index >= 15 is 0 Å². The van der Waals surface area contributed by atoms with Gasteiger partial charge in [-0.25, -0.2) is 0 Å². The van der Waals surface area contributed by atoms with Crippen molar-refractivity contribution in [2.75, 3.05) is 6.54 Å². The second-order valence-corrected chi connectivity index (χ2v) is 7.15. The van der Waals surface area contributed by atoms with Crippen LogP contribution in [0.4, 0.5) is 0 Å². The van der Waals surface area contributed by atoms with E-state index in [0.717, 1.165) is 9.21 Å². The number of hydrogen-bond acceptors (Lipinski definition) is 2. The maximum atomic E-state index is 12.3. The molecule has 2 nitrogen and oxygen atoms in total. The highest BCUT2D eigenvalue weighted by Gasteiger charge is 2.24. The summed E-state index contributed by atoms with van der Waals surface area (Å²) in [6.07, 6.45) is 1.74. The van der Waals surface area contributed by atoms with E-state index in [2.05, 4.69) is 22.5 Å². The van der Waals surface area contributed by atoms with Crippen LogP contribution in [-0.4, -0.2) is 22.2 Å². The number of hydrogen-bond donors (Lipinski definition) is 0. The van der Waals surface area contributed by atoms with Crippen LogP contribution in [-0.2, 0) is 11.3 Å². The lowest BCUT2D eigenvalue weighted by atomic mass is 10.1. The monoisotopic (exact) mass is 349 g/mol. The van der Waals surface area contributed by atoms with Crippen LogP contribution in [0.15, 0.2) is 24.8 Å². The maximum Gasteiger partial charge on any atom is 0.237 e. The molecule has 0 radical (unpaired) electrons. The molecule has 1 aromatic rings. The molecule has 0 aliphatic heterocycles. The summed E-state index contributed by atoms with van der Waals surface area (Å²) in [5.41, 5.74) is 0. The number of halogens is 2. The summed E-state index contributed by atoms with van der Waals surface area (Å²) in [5, 5.41) is 0. The number of alkyl halides is 1. The summed E-state index contributed by atoms with van der Waals surface area (Å²) >= 11 is 10.8. The normalized spacial score (nSPS) is 12.5. The highest BCUT2D eigenvalue weighted by atomic mass is 79.9. The van der Waals surface area contributed by atoms with Crippen LogP contribution in [0.5, 0.6) is 0 Å². The summed E-state index contributed by atoms with van der Waals surface area (Å²) in [6, 6.07) is 3.81. The first kappa shape index (κ1) is 15.7. The molecule has 1 unspecified atom stereocenters. The fraction of sp³-hybridized carbons (Fsp3) is 0.462. The fourth-order valence-corrected chi connectivity index (χ4v) is 2.87. The van der Waals surface area contributed by atoms with Crippen molar-refractivity contribution >= 4 is 44.8 Å². The van der Waals surface area contributed by atoms with Crippen LogP contribution in [0.25, 0.3) is 0 Å². The van der Waals surface area contributed by atoms with Gasteiger partial charge in [0.1, 0.15) is 0 Å². The first-order valence-corrected chi connectivity index (χ1v) is 7.84. The van der Waals surface area contributed by atoms with Crippen LogP contribution in [0.2, 0.25) is 4.34 Å². The van der Waals surface area contributed by atoms with Gasteiger partial charge in [0.25, 0.3) is 0 Å². The van der Waals surface area contributed by atoms with Gasteiger partial charge < -0.3 is 4.90 Å². The molecule has 0 spiro atoms. The molecule has 1 heterocycles. The fourth-order valence-electron chi connectivity index (χ4n) is 1.47. The molecular weight excluding hydrogens is 334 g/mol. The van der Waals surface area contributed by atoms with E-state index in [4.69, 9.17) is 11.6 Å². The highest BCUT2D eigenvalue weighted by Crippen LogP contribution is 2.24. The number of carbonyl (C=O) groups excluding carboxylic acids is 1. The van der Waals surface area contributed by atoms with Crippen LogP contribution in [0, 0.1) is 5.92 Å². The number of rotatable bonds is 6. The first-order valence-electron chi connectivity index (χ1n) is 5.73. The third kappa shape index (κ3) is 4.41. The zero-order valence-electron chi connectivity index (χ0n) is 10.5. The molecule has 0 fully saturated rings. The van der Waals surface area contributed by atoms with Crippen molar-refractivity contribution in [3.05, 3.63) is 34.0 Å². The van der Waals surface area contributed by atoms with Crippen LogP contribution >= 0.6 is 38.9 Å². The van der Waals surface area contributed by atoms with Gasteiger partial charge in [-0.1, -0.05) is 47.5 Å². The summed E-state index contributed by atoms with van der Waals surface area (Å²) in [6.45, 7) is 8.87. The Labute approximate surface area is 126 Å². The van der Waals surface area contributed by atoms with Crippen molar-refractivity contribution in [1.29, 1.82) is 0 Å². The summed E-state index contributed by atoms with van der Waals surface area (Å²) in [7, 11) is 0. The van der Waals surface area contributed by atoms with E-state index in [1.165, 1.54) is 11.3 Å². The van der Waals surface area contributed by atoms with Crippen LogP contribution in [0.3, 0.4) is 0 Å². The zero-order chi connectivity index (χ0) is 13.7. The van der Waals surface area contributed by atoms with Gasteiger partial charge in [-0.15, -0.1) is 17.9 Å². The Hall–Kier alpha value is -0.320. The van der Waals surface area contributed by atoms with E-state index in [9.17, 15) is 4.79 Å². The van der Waals surface area contributed by atoms with Gasteiger partial charge in [-0.3, -0.25) is 4.79 Å². The molecule has 1 rings (SSSR count). The molecule has 0 saturated carbocycles. The number of nitrogens with zero attached hydrogens (tertiary/aromatic N) is 1. The third-order valence-corrected chi connectivity index (χ3v) is 5.12. The molecule has 18 heavy (non-hydrogen) atoms. The van der Waals surface area contributed by atoms with Crippen molar-refractivity contribution < 1.29 is 4.79 Å². The van der Waals surface area contributed by atoms with Gasteiger partial charge in [-0.05, 0) is 18.1 Å². The molecule has 0 aliphatic carbocycles. The molecule has 0 bridgehead atoms. The van der Waals surface area contributed by atoms with Crippen molar-refractivity contribution in [1.82, 2.24) is 4.90 Å². The molecule has 5 heteroatoms. The first-order chi connectivity index (χ1) is 8.45. The summed E-state index contributed by atoms with van der Waals surface area (Å²) < 4.78 is 0.746. The zero-order valence-corrected chi connectivity index (χ0v) is 13.7. The second kappa shape index (κ2) is 7.31. The molecule has 100 valence electrons. The largest absolute Gasteiger partial charge is 0.333 e. The minimum atomic E-state index is -0.159. The molecular formula is C13H17BrClNOS. The van der Waals surface area contributed by atoms with E-state index in [1.54, 1.807) is 11.0 Å². The molecule has 0 aromatic carbocycles. The van der Waals surface area contributed by atoms with E-state index in [-0.39, 0.29) is 16.7 Å². The molecule has 1 amide bonds. The summed E-state index contributed by atoms with van der Waals surface area (Å²) in [4.78, 5) is 15.0. The summed E-state index contributed by atoms with van der Waals surface area (Å²) in [5.74, 6) is 0.353. The quantitative estimate of drug-likeness (QED) is 0.552. The Balaban J connectivity index is 2.76. The molecule has 0 saturated heterocycles. The average molecular weight is 351 g/mol. The lowest BCUT2D eigenvalue weighted by molar-refractivity contribution is -0.131. The standard InChI is InChI=1S/C13H17BrClNOS/c1-4-7-16(13(17)12(14)9(2)3)8-10-5-6-11(15)18-10/h4-6,9,12H,1,7-8H2,2-3H3. The van der Waals surface area contributed by atoms with E-state index in [1.807, 2.05) is 26.0 Å². The number of amides is 1. The minimum Gasteiger partial charge on any atom is -0.333 e.